The molecule has 3 aliphatic rings. The average molecular weight is 345 g/mol. The van der Waals surface area contributed by atoms with Crippen LogP contribution in [-0.4, -0.2) is 43.0 Å². The van der Waals surface area contributed by atoms with Crippen LogP contribution in [0, 0.1) is 5.41 Å². The highest BCUT2D eigenvalue weighted by Gasteiger charge is 2.55. The van der Waals surface area contributed by atoms with Crippen LogP contribution >= 0.6 is 0 Å². The monoisotopic (exact) mass is 345 g/mol. The fraction of sp³-hybridized carbons (Fsp3) is 0.650. The number of fused-ring (bicyclic) bond motifs is 1. The Kier molecular flexibility index (Phi) is 4.69. The first-order valence-electron chi connectivity index (χ1n) is 9.47. The lowest BCUT2D eigenvalue weighted by molar-refractivity contribution is -0.156. The summed E-state index contributed by atoms with van der Waals surface area (Å²) in [5.74, 6) is 0.658. The zero-order chi connectivity index (χ0) is 17.3. The van der Waals surface area contributed by atoms with E-state index in [0.29, 0.717) is 19.6 Å². The van der Waals surface area contributed by atoms with Gasteiger partial charge in [-0.3, -0.25) is 4.79 Å². The number of hydrogen-bond donors (Lipinski definition) is 2. The van der Waals surface area contributed by atoms with Crippen LogP contribution in [0.3, 0.4) is 0 Å². The van der Waals surface area contributed by atoms with Crippen LogP contribution in [0.25, 0.3) is 0 Å². The summed E-state index contributed by atoms with van der Waals surface area (Å²) in [5, 5.41) is 13.2. The van der Waals surface area contributed by atoms with Crippen LogP contribution in [0.2, 0.25) is 0 Å². The molecule has 0 aromatic heterocycles. The van der Waals surface area contributed by atoms with Crippen molar-refractivity contribution in [1.29, 1.82) is 0 Å². The standard InChI is InChI=1S/C20H27NO4/c22-18-12-17(20(18)7-9-24-10-8-20)21-19(23)13-25-16-6-5-14-3-1-2-4-15(14)11-16/h5-6,11,17-18,22H,1-4,7-10,12-13H2,(H,21,23)/t17-,18-/m1/s1. The molecule has 0 radical (unpaired) electrons. The van der Waals surface area contributed by atoms with Crippen LogP contribution in [0.1, 0.15) is 43.2 Å². The molecule has 1 heterocycles. The summed E-state index contributed by atoms with van der Waals surface area (Å²) in [4.78, 5) is 12.3. The zero-order valence-corrected chi connectivity index (χ0v) is 14.6. The lowest BCUT2D eigenvalue weighted by Crippen LogP contribution is -2.66. The summed E-state index contributed by atoms with van der Waals surface area (Å²) in [6.07, 6.45) is 6.65. The minimum atomic E-state index is -0.330. The van der Waals surface area contributed by atoms with Crippen LogP contribution in [0.15, 0.2) is 18.2 Å². The number of aryl methyl sites for hydroxylation is 2. The van der Waals surface area contributed by atoms with Gasteiger partial charge < -0.3 is 19.9 Å². The third kappa shape index (κ3) is 3.27. The van der Waals surface area contributed by atoms with Crippen molar-refractivity contribution < 1.29 is 19.4 Å². The Morgan fingerprint density at radius 3 is 2.76 bits per heavy atom. The molecule has 4 rings (SSSR count). The molecule has 25 heavy (non-hydrogen) atoms. The molecular weight excluding hydrogens is 318 g/mol. The summed E-state index contributed by atoms with van der Waals surface area (Å²) in [5.41, 5.74) is 2.57. The van der Waals surface area contributed by atoms with Gasteiger partial charge in [0.15, 0.2) is 6.61 Å². The van der Waals surface area contributed by atoms with Gasteiger partial charge in [-0.2, -0.15) is 0 Å². The number of carbonyl (C=O) groups excluding carboxylic acids is 1. The molecule has 136 valence electrons. The first-order chi connectivity index (χ1) is 12.2. The highest BCUT2D eigenvalue weighted by Crippen LogP contribution is 2.48. The highest BCUT2D eigenvalue weighted by molar-refractivity contribution is 5.78. The number of nitrogens with one attached hydrogen (secondary N) is 1. The number of aliphatic hydroxyl groups excluding tert-OH is 1. The van der Waals surface area contributed by atoms with Crippen molar-refractivity contribution in [3.8, 4) is 5.75 Å². The molecule has 5 heteroatoms. The van der Waals surface area contributed by atoms with Crippen LogP contribution in [0.5, 0.6) is 5.75 Å². The summed E-state index contributed by atoms with van der Waals surface area (Å²) in [6, 6.07) is 6.20. The van der Waals surface area contributed by atoms with Gasteiger partial charge >= 0.3 is 0 Å². The number of ether oxygens (including phenoxy) is 2. The van der Waals surface area contributed by atoms with E-state index < -0.39 is 0 Å². The summed E-state index contributed by atoms with van der Waals surface area (Å²) in [6.45, 7) is 1.35. The SMILES string of the molecule is O=C(COc1ccc2c(c1)CCCC2)N[C@@H]1C[C@@H](O)C12CCOCC2. The predicted octanol–water partition coefficient (Wildman–Crippen LogP) is 1.99. The molecule has 1 saturated heterocycles. The molecule has 1 spiro atoms. The number of benzene rings is 1. The molecular formula is C20H27NO4. The summed E-state index contributed by atoms with van der Waals surface area (Å²) in [7, 11) is 0. The van der Waals surface area contributed by atoms with Crippen LogP contribution in [0.4, 0.5) is 0 Å². The Labute approximate surface area is 148 Å². The fourth-order valence-corrected chi connectivity index (χ4v) is 4.58. The molecule has 0 bridgehead atoms. The Balaban J connectivity index is 1.31. The first-order valence-corrected chi connectivity index (χ1v) is 9.47. The van der Waals surface area contributed by atoms with Gasteiger partial charge in [-0.25, -0.2) is 0 Å². The first kappa shape index (κ1) is 16.9. The molecule has 1 amide bonds. The third-order valence-electron chi connectivity index (χ3n) is 6.27. The van der Waals surface area contributed by atoms with Gasteiger partial charge in [-0.15, -0.1) is 0 Å². The molecule has 2 N–H and O–H groups in total. The number of amides is 1. The maximum absolute atomic E-state index is 12.3. The zero-order valence-electron chi connectivity index (χ0n) is 14.6. The number of hydrogen-bond acceptors (Lipinski definition) is 4. The second kappa shape index (κ2) is 6.96. The minimum Gasteiger partial charge on any atom is -0.484 e. The minimum absolute atomic E-state index is 0.0258. The van der Waals surface area contributed by atoms with E-state index >= 15 is 0 Å². The number of rotatable bonds is 4. The lowest BCUT2D eigenvalue weighted by Gasteiger charge is -2.55. The van der Waals surface area contributed by atoms with Gasteiger partial charge in [0.2, 0.25) is 0 Å². The molecule has 0 unspecified atom stereocenters. The van der Waals surface area contributed by atoms with Gasteiger partial charge in [-0.05, 0) is 68.2 Å². The molecule has 2 atom stereocenters. The molecule has 1 aromatic carbocycles. The van der Waals surface area contributed by atoms with Crippen LogP contribution < -0.4 is 10.1 Å². The Hall–Kier alpha value is -1.59. The maximum Gasteiger partial charge on any atom is 0.258 e. The Morgan fingerprint density at radius 1 is 1.24 bits per heavy atom. The van der Waals surface area contributed by atoms with Crippen molar-refractivity contribution in [1.82, 2.24) is 5.32 Å². The van der Waals surface area contributed by atoms with Gasteiger partial charge in [-0.1, -0.05) is 6.07 Å². The largest absolute Gasteiger partial charge is 0.484 e. The average Bonchev–Trinajstić information content (AvgIpc) is 2.66. The Morgan fingerprint density at radius 2 is 2.00 bits per heavy atom. The smallest absolute Gasteiger partial charge is 0.258 e. The quantitative estimate of drug-likeness (QED) is 0.876. The molecule has 1 aromatic rings. The normalized spacial score (nSPS) is 27.2. The molecule has 1 saturated carbocycles. The fourth-order valence-electron chi connectivity index (χ4n) is 4.58. The third-order valence-corrected chi connectivity index (χ3v) is 6.27. The predicted molar refractivity (Wildman–Crippen MR) is 93.6 cm³/mol. The van der Waals surface area contributed by atoms with E-state index in [1.54, 1.807) is 0 Å². The topological polar surface area (TPSA) is 67.8 Å². The summed E-state index contributed by atoms with van der Waals surface area (Å²) >= 11 is 0. The van der Waals surface area contributed by atoms with E-state index in [1.807, 2.05) is 6.07 Å². The number of aliphatic hydroxyl groups is 1. The van der Waals surface area contributed by atoms with Crippen molar-refractivity contribution in [3.05, 3.63) is 29.3 Å². The maximum atomic E-state index is 12.3. The van der Waals surface area contributed by atoms with Crippen molar-refractivity contribution >= 4 is 5.91 Å². The van der Waals surface area contributed by atoms with Gasteiger partial charge in [0.1, 0.15) is 5.75 Å². The molecule has 2 fully saturated rings. The Bertz CT molecular complexity index is 639. The van der Waals surface area contributed by atoms with E-state index in [-0.39, 0.29) is 30.1 Å². The summed E-state index contributed by atoms with van der Waals surface area (Å²) < 4.78 is 11.1. The van der Waals surface area contributed by atoms with Crippen molar-refractivity contribution in [2.45, 2.75) is 57.1 Å². The van der Waals surface area contributed by atoms with Crippen molar-refractivity contribution in [2.75, 3.05) is 19.8 Å². The van der Waals surface area contributed by atoms with Gasteiger partial charge in [0.25, 0.3) is 5.91 Å². The van der Waals surface area contributed by atoms with E-state index in [2.05, 4.69) is 17.4 Å². The van der Waals surface area contributed by atoms with E-state index in [1.165, 1.54) is 24.0 Å². The van der Waals surface area contributed by atoms with E-state index in [9.17, 15) is 9.90 Å². The lowest BCUT2D eigenvalue weighted by atomic mass is 9.58. The molecule has 5 nitrogen and oxygen atoms in total. The van der Waals surface area contributed by atoms with Crippen molar-refractivity contribution in [2.24, 2.45) is 5.41 Å². The van der Waals surface area contributed by atoms with Crippen LogP contribution in [-0.2, 0) is 22.4 Å². The number of carbonyl (C=O) groups is 1. The van der Waals surface area contributed by atoms with E-state index in [0.717, 1.165) is 31.4 Å². The van der Waals surface area contributed by atoms with Gasteiger partial charge in [0.05, 0.1) is 6.10 Å². The second-order valence-electron chi connectivity index (χ2n) is 7.64. The van der Waals surface area contributed by atoms with Crippen molar-refractivity contribution in [3.63, 3.8) is 0 Å². The molecule has 2 aliphatic carbocycles. The van der Waals surface area contributed by atoms with E-state index in [4.69, 9.17) is 9.47 Å². The van der Waals surface area contributed by atoms with Gasteiger partial charge in [0, 0.05) is 24.7 Å². The second-order valence-corrected chi connectivity index (χ2v) is 7.64. The highest BCUT2D eigenvalue weighted by atomic mass is 16.5. The molecule has 1 aliphatic heterocycles.